The molecule has 7 nitrogen and oxygen atoms in total. The highest BCUT2D eigenvalue weighted by Gasteiger charge is 2.30. The van der Waals surface area contributed by atoms with Crippen LogP contribution < -0.4 is 5.32 Å². The maximum absolute atomic E-state index is 6.30. The van der Waals surface area contributed by atoms with Crippen LogP contribution in [0.25, 0.3) is 0 Å². The molecule has 0 spiro atoms. The quantitative estimate of drug-likeness (QED) is 0.870. The number of hydrogen-bond acceptors (Lipinski definition) is 6. The zero-order chi connectivity index (χ0) is 16.4. The third-order valence-corrected chi connectivity index (χ3v) is 4.56. The van der Waals surface area contributed by atoms with E-state index >= 15 is 0 Å². The van der Waals surface area contributed by atoms with Gasteiger partial charge in [0, 0.05) is 25.7 Å². The Balaban J connectivity index is 1.50. The summed E-state index contributed by atoms with van der Waals surface area (Å²) in [5.41, 5.74) is 2.11. The third kappa shape index (κ3) is 3.57. The van der Waals surface area contributed by atoms with E-state index in [1.54, 1.807) is 4.68 Å². The molecule has 1 saturated heterocycles. The van der Waals surface area contributed by atoms with Crippen LogP contribution >= 0.6 is 11.6 Å². The molecule has 1 N–H and O–H groups in total. The molecule has 0 amide bonds. The fourth-order valence-electron chi connectivity index (χ4n) is 2.90. The monoisotopic (exact) mass is 339 g/mol. The second kappa shape index (κ2) is 6.98. The fourth-order valence-corrected chi connectivity index (χ4v) is 3.11. The molecular formula is C15H22ClN5O2. The summed E-state index contributed by atoms with van der Waals surface area (Å²) in [5, 5.41) is 12.3. The van der Waals surface area contributed by atoms with E-state index in [0.717, 1.165) is 37.1 Å². The van der Waals surface area contributed by atoms with Gasteiger partial charge in [0.25, 0.3) is 5.89 Å². The van der Waals surface area contributed by atoms with Gasteiger partial charge in [0.1, 0.15) is 11.3 Å². The molecule has 1 fully saturated rings. The lowest BCUT2D eigenvalue weighted by Crippen LogP contribution is -2.26. The zero-order valence-electron chi connectivity index (χ0n) is 13.7. The van der Waals surface area contributed by atoms with E-state index in [0.29, 0.717) is 23.4 Å². The van der Waals surface area contributed by atoms with Crippen LogP contribution in [-0.4, -0.2) is 32.6 Å². The van der Waals surface area contributed by atoms with Crippen molar-refractivity contribution < 1.29 is 9.26 Å². The summed E-state index contributed by atoms with van der Waals surface area (Å²) in [6.07, 6.45) is 2.81. The molecule has 0 radical (unpaired) electrons. The molecule has 0 saturated carbocycles. The minimum Gasteiger partial charge on any atom is -0.364 e. The Kier molecular flexibility index (Phi) is 4.99. The van der Waals surface area contributed by atoms with Crippen molar-refractivity contribution in [3.8, 4) is 0 Å². The maximum Gasteiger partial charge on any atom is 0.255 e. The van der Waals surface area contributed by atoms with E-state index < -0.39 is 0 Å². The van der Waals surface area contributed by atoms with Crippen LogP contribution in [0.15, 0.2) is 4.52 Å². The first-order valence-electron chi connectivity index (χ1n) is 7.95. The van der Waals surface area contributed by atoms with E-state index in [1.165, 1.54) is 0 Å². The van der Waals surface area contributed by atoms with E-state index in [9.17, 15) is 0 Å². The number of aryl methyl sites for hydroxylation is 3. The molecule has 3 heterocycles. The van der Waals surface area contributed by atoms with Crippen molar-refractivity contribution in [2.75, 3.05) is 6.54 Å². The van der Waals surface area contributed by atoms with Gasteiger partial charge < -0.3 is 14.6 Å². The molecule has 1 aliphatic rings. The predicted octanol–water partition coefficient (Wildman–Crippen LogP) is 2.34. The molecule has 0 unspecified atom stereocenters. The Morgan fingerprint density at radius 1 is 1.39 bits per heavy atom. The van der Waals surface area contributed by atoms with Crippen molar-refractivity contribution in [1.29, 1.82) is 0 Å². The minimum atomic E-state index is -0.0869. The van der Waals surface area contributed by atoms with E-state index in [2.05, 4.69) is 27.5 Å². The van der Waals surface area contributed by atoms with Crippen LogP contribution in [0.4, 0.5) is 0 Å². The molecule has 0 aromatic carbocycles. The highest BCUT2D eigenvalue weighted by Crippen LogP contribution is 2.31. The Labute approximate surface area is 140 Å². The zero-order valence-corrected chi connectivity index (χ0v) is 14.4. The first-order chi connectivity index (χ1) is 11.1. The van der Waals surface area contributed by atoms with Crippen LogP contribution in [0.2, 0.25) is 5.15 Å². The van der Waals surface area contributed by atoms with Crippen LogP contribution in [0.1, 0.15) is 48.8 Å². The van der Waals surface area contributed by atoms with E-state index in [-0.39, 0.29) is 12.2 Å². The first-order valence-corrected chi connectivity index (χ1v) is 8.33. The summed E-state index contributed by atoms with van der Waals surface area (Å²) >= 11 is 6.30. The standard InChI is InChI=1S/C15H22ClN5O2/c1-4-12-11(14(16)21(3)19-12)8-17-7-10-5-6-13(22-10)15-18-9(2)20-23-15/h10,13,17H,4-8H2,1-3H3/t10-,13+/m1/s1. The highest BCUT2D eigenvalue weighted by molar-refractivity contribution is 6.30. The molecule has 2 aromatic heterocycles. The maximum atomic E-state index is 6.30. The van der Waals surface area contributed by atoms with Gasteiger partial charge in [-0.25, -0.2) is 0 Å². The Bertz CT molecular complexity index is 669. The van der Waals surface area contributed by atoms with Gasteiger partial charge >= 0.3 is 0 Å². The van der Waals surface area contributed by atoms with Crippen molar-refractivity contribution in [3.63, 3.8) is 0 Å². The summed E-state index contributed by atoms with van der Waals surface area (Å²) < 4.78 is 12.9. The van der Waals surface area contributed by atoms with Gasteiger partial charge in [-0.05, 0) is 26.2 Å². The first kappa shape index (κ1) is 16.4. The molecule has 0 aliphatic carbocycles. The lowest BCUT2D eigenvalue weighted by molar-refractivity contribution is 0.0264. The Morgan fingerprint density at radius 3 is 2.91 bits per heavy atom. The second-order valence-corrected chi connectivity index (χ2v) is 6.19. The van der Waals surface area contributed by atoms with Crippen LogP contribution in [0.5, 0.6) is 0 Å². The summed E-state index contributed by atoms with van der Waals surface area (Å²) in [6.45, 7) is 5.35. The SMILES string of the molecule is CCc1nn(C)c(Cl)c1CNC[C@H]1CC[C@@H](c2nc(C)no2)O1. The van der Waals surface area contributed by atoms with Gasteiger partial charge in [-0.2, -0.15) is 10.1 Å². The van der Waals surface area contributed by atoms with Crippen molar-refractivity contribution in [2.45, 2.75) is 51.9 Å². The number of nitrogens with zero attached hydrogens (tertiary/aromatic N) is 4. The average molecular weight is 340 g/mol. The smallest absolute Gasteiger partial charge is 0.255 e. The van der Waals surface area contributed by atoms with Crippen LogP contribution in [-0.2, 0) is 24.8 Å². The number of rotatable bonds is 6. The van der Waals surface area contributed by atoms with E-state index in [1.807, 2.05) is 14.0 Å². The van der Waals surface area contributed by atoms with Crippen LogP contribution in [0.3, 0.4) is 0 Å². The Morgan fingerprint density at radius 2 is 2.22 bits per heavy atom. The summed E-state index contributed by atoms with van der Waals surface area (Å²) in [5.74, 6) is 1.22. The molecule has 3 rings (SSSR count). The molecule has 2 atom stereocenters. The van der Waals surface area contributed by atoms with Gasteiger partial charge in [-0.3, -0.25) is 4.68 Å². The number of ether oxygens (including phenoxy) is 1. The van der Waals surface area contributed by atoms with Crippen molar-refractivity contribution in [3.05, 3.63) is 28.1 Å². The largest absolute Gasteiger partial charge is 0.364 e. The van der Waals surface area contributed by atoms with Gasteiger partial charge in [0.2, 0.25) is 0 Å². The third-order valence-electron chi connectivity index (χ3n) is 4.09. The topological polar surface area (TPSA) is 78.0 Å². The van der Waals surface area contributed by atoms with Gasteiger partial charge in [0.15, 0.2) is 5.82 Å². The lowest BCUT2D eigenvalue weighted by atomic mass is 10.2. The summed E-state index contributed by atoms with van der Waals surface area (Å²) in [4.78, 5) is 4.24. The second-order valence-electron chi connectivity index (χ2n) is 5.83. The molecule has 126 valence electrons. The molecule has 23 heavy (non-hydrogen) atoms. The van der Waals surface area contributed by atoms with Crippen molar-refractivity contribution in [1.82, 2.24) is 25.2 Å². The molecule has 0 bridgehead atoms. The molecular weight excluding hydrogens is 318 g/mol. The minimum absolute atomic E-state index is 0.0869. The lowest BCUT2D eigenvalue weighted by Gasteiger charge is -2.12. The molecule has 8 heteroatoms. The van der Waals surface area contributed by atoms with Crippen molar-refractivity contribution >= 4 is 11.6 Å². The van der Waals surface area contributed by atoms with Crippen LogP contribution in [0, 0.1) is 6.92 Å². The van der Waals surface area contributed by atoms with Gasteiger partial charge in [-0.15, -0.1) is 0 Å². The Hall–Kier alpha value is -1.44. The fraction of sp³-hybridized carbons (Fsp3) is 0.667. The van der Waals surface area contributed by atoms with E-state index in [4.69, 9.17) is 20.9 Å². The predicted molar refractivity (Wildman–Crippen MR) is 85.2 cm³/mol. The number of aromatic nitrogens is 4. The van der Waals surface area contributed by atoms with Gasteiger partial charge in [-0.1, -0.05) is 23.7 Å². The molecule has 1 aliphatic heterocycles. The number of hydrogen-bond donors (Lipinski definition) is 1. The number of halogens is 1. The summed E-state index contributed by atoms with van der Waals surface area (Å²) in [6, 6.07) is 0. The average Bonchev–Trinajstić information content (AvgIpc) is 3.22. The van der Waals surface area contributed by atoms with Gasteiger partial charge in [0.05, 0.1) is 11.8 Å². The normalized spacial score (nSPS) is 21.2. The highest BCUT2D eigenvalue weighted by atomic mass is 35.5. The molecule has 2 aromatic rings. The number of nitrogens with one attached hydrogen (secondary N) is 1. The van der Waals surface area contributed by atoms with Crippen molar-refractivity contribution in [2.24, 2.45) is 7.05 Å². The summed E-state index contributed by atoms with van der Waals surface area (Å²) in [7, 11) is 1.86.